The van der Waals surface area contributed by atoms with Crippen LogP contribution in [0, 0.1) is 0 Å². The molecule has 1 unspecified atom stereocenters. The van der Waals surface area contributed by atoms with Gasteiger partial charge in [0.25, 0.3) is 0 Å². The minimum absolute atomic E-state index is 0.430. The summed E-state index contributed by atoms with van der Waals surface area (Å²) in [6.45, 7) is 2.31. The van der Waals surface area contributed by atoms with Gasteiger partial charge in [-0.2, -0.15) is 0 Å². The summed E-state index contributed by atoms with van der Waals surface area (Å²) in [4.78, 5) is 16.7. The minimum Gasteiger partial charge on any atom is -0.408 e. The molecule has 1 fully saturated rings. The number of oxazole rings is 1. The zero-order valence-electron chi connectivity index (χ0n) is 15.6. The van der Waals surface area contributed by atoms with E-state index in [4.69, 9.17) is 4.42 Å². The molecular weight excluding hydrogens is 376 g/mol. The predicted octanol–water partition coefficient (Wildman–Crippen LogP) is 2.30. The first-order valence-electron chi connectivity index (χ1n) is 9.51. The highest BCUT2D eigenvalue weighted by molar-refractivity contribution is 7.85. The molecule has 0 saturated carbocycles. The number of nitrogens with one attached hydrogen (secondary N) is 1. The molecule has 0 bridgehead atoms. The van der Waals surface area contributed by atoms with E-state index in [2.05, 4.69) is 22.0 Å². The first-order chi connectivity index (χ1) is 13.5. The third kappa shape index (κ3) is 4.43. The van der Waals surface area contributed by atoms with Gasteiger partial charge in [-0.05, 0) is 36.6 Å². The monoisotopic (exact) mass is 400 g/mol. The van der Waals surface area contributed by atoms with Gasteiger partial charge >= 0.3 is 5.76 Å². The van der Waals surface area contributed by atoms with Crippen molar-refractivity contribution < 1.29 is 13.7 Å². The van der Waals surface area contributed by atoms with Crippen molar-refractivity contribution in [3.63, 3.8) is 0 Å². The molecule has 1 atom stereocenters. The molecule has 3 aromatic rings. The van der Waals surface area contributed by atoms with Crippen molar-refractivity contribution in [3.8, 4) is 0 Å². The molecule has 1 aliphatic heterocycles. The van der Waals surface area contributed by atoms with Crippen LogP contribution in [0.15, 0.2) is 62.6 Å². The van der Waals surface area contributed by atoms with Crippen LogP contribution < -0.4 is 5.76 Å². The third-order valence-corrected chi connectivity index (χ3v) is 6.74. The summed E-state index contributed by atoms with van der Waals surface area (Å²) in [5, 5.41) is 10.9. The Bertz CT molecular complexity index is 1020. The van der Waals surface area contributed by atoms with Crippen LogP contribution in [0.2, 0.25) is 0 Å². The molecule has 1 aromatic heterocycles. The highest BCUT2D eigenvalue weighted by atomic mass is 32.2. The Kier molecular flexibility index (Phi) is 5.48. The van der Waals surface area contributed by atoms with Crippen LogP contribution in [-0.2, 0) is 17.2 Å². The lowest BCUT2D eigenvalue weighted by Gasteiger charge is -2.38. The van der Waals surface area contributed by atoms with Gasteiger partial charge in [0, 0.05) is 36.7 Å². The largest absolute Gasteiger partial charge is 0.417 e. The lowest BCUT2D eigenvalue weighted by Crippen LogP contribution is -2.46. The summed E-state index contributed by atoms with van der Waals surface area (Å²) in [5.41, 5.74) is 1.54. The Labute approximate surface area is 165 Å². The van der Waals surface area contributed by atoms with E-state index in [1.165, 1.54) is 0 Å². The highest BCUT2D eigenvalue weighted by Gasteiger charge is 2.32. The summed E-state index contributed by atoms with van der Waals surface area (Å²) in [6, 6.07) is 15.2. The van der Waals surface area contributed by atoms with Gasteiger partial charge in [-0.15, -0.1) is 0 Å². The van der Waals surface area contributed by atoms with Gasteiger partial charge in [0.2, 0.25) is 0 Å². The third-order valence-electron chi connectivity index (χ3n) is 5.41. The van der Waals surface area contributed by atoms with Gasteiger partial charge in [0.1, 0.15) is 0 Å². The number of piperidine rings is 1. The topological polar surface area (TPSA) is 86.5 Å². The fraction of sp³-hybridized carbons (Fsp3) is 0.381. The molecule has 1 aliphatic rings. The van der Waals surface area contributed by atoms with Crippen molar-refractivity contribution in [2.24, 2.45) is 0 Å². The fourth-order valence-corrected chi connectivity index (χ4v) is 4.86. The lowest BCUT2D eigenvalue weighted by molar-refractivity contribution is -0.0192. The second-order valence-corrected chi connectivity index (χ2v) is 9.02. The van der Waals surface area contributed by atoms with Crippen molar-refractivity contribution in [2.75, 3.05) is 25.4 Å². The Balaban J connectivity index is 1.29. The van der Waals surface area contributed by atoms with E-state index in [1.54, 1.807) is 18.2 Å². The van der Waals surface area contributed by atoms with Gasteiger partial charge in [0.15, 0.2) is 5.58 Å². The van der Waals surface area contributed by atoms with Crippen LogP contribution in [0.3, 0.4) is 0 Å². The lowest BCUT2D eigenvalue weighted by atomic mass is 9.85. The van der Waals surface area contributed by atoms with E-state index in [-0.39, 0.29) is 0 Å². The fourth-order valence-electron chi connectivity index (χ4n) is 3.74. The zero-order valence-corrected chi connectivity index (χ0v) is 16.4. The molecule has 28 heavy (non-hydrogen) atoms. The second-order valence-electron chi connectivity index (χ2n) is 7.45. The molecule has 0 radical (unpaired) electrons. The van der Waals surface area contributed by atoms with Crippen LogP contribution in [0.5, 0.6) is 0 Å². The molecule has 2 aromatic carbocycles. The number of aliphatic hydroxyl groups is 1. The average molecular weight is 401 g/mol. The second kappa shape index (κ2) is 8.03. The van der Waals surface area contributed by atoms with E-state index in [0.29, 0.717) is 34.7 Å². The molecule has 4 rings (SSSR count). The summed E-state index contributed by atoms with van der Waals surface area (Å²) < 4.78 is 17.7. The van der Waals surface area contributed by atoms with E-state index >= 15 is 0 Å². The molecule has 2 N–H and O–H groups in total. The number of hydrogen-bond donors (Lipinski definition) is 2. The van der Waals surface area contributed by atoms with E-state index in [1.807, 2.05) is 18.2 Å². The summed E-state index contributed by atoms with van der Waals surface area (Å²) >= 11 is 0. The smallest absolute Gasteiger partial charge is 0.408 e. The van der Waals surface area contributed by atoms with Crippen LogP contribution >= 0.6 is 0 Å². The number of fused-ring (bicyclic) bond motifs is 1. The van der Waals surface area contributed by atoms with Crippen molar-refractivity contribution in [3.05, 3.63) is 64.6 Å². The Hall–Kier alpha value is -2.22. The van der Waals surface area contributed by atoms with Gasteiger partial charge < -0.3 is 14.4 Å². The number of aromatic nitrogens is 1. The summed E-state index contributed by atoms with van der Waals surface area (Å²) in [5.74, 6) is 0.00585. The van der Waals surface area contributed by atoms with Gasteiger partial charge in [0.05, 0.1) is 21.9 Å². The zero-order chi connectivity index (χ0) is 19.6. The SMILES string of the molecule is O=c1[nH]c2ccc(S(=O)CCN3CCC(O)(Cc4ccccc4)CC3)cc2o1. The van der Waals surface area contributed by atoms with Crippen molar-refractivity contribution in [1.82, 2.24) is 9.88 Å². The maximum absolute atomic E-state index is 12.6. The van der Waals surface area contributed by atoms with Crippen molar-refractivity contribution in [1.29, 1.82) is 0 Å². The molecule has 1 saturated heterocycles. The maximum Gasteiger partial charge on any atom is 0.417 e. The van der Waals surface area contributed by atoms with Crippen molar-refractivity contribution in [2.45, 2.75) is 29.8 Å². The minimum atomic E-state index is -1.16. The average Bonchev–Trinajstić information content (AvgIpc) is 3.07. The molecule has 148 valence electrons. The van der Waals surface area contributed by atoms with Crippen LogP contribution in [0.1, 0.15) is 18.4 Å². The van der Waals surface area contributed by atoms with E-state index < -0.39 is 22.2 Å². The molecule has 0 amide bonds. The highest BCUT2D eigenvalue weighted by Crippen LogP contribution is 2.26. The summed E-state index contributed by atoms with van der Waals surface area (Å²) in [7, 11) is -1.16. The van der Waals surface area contributed by atoms with Gasteiger partial charge in [-0.3, -0.25) is 9.19 Å². The Morgan fingerprint density at radius 2 is 1.89 bits per heavy atom. The number of aromatic amines is 1. The van der Waals surface area contributed by atoms with E-state index in [9.17, 15) is 14.1 Å². The molecule has 6 nitrogen and oxygen atoms in total. The van der Waals surface area contributed by atoms with Crippen molar-refractivity contribution >= 4 is 21.9 Å². The number of likely N-dealkylation sites (tertiary alicyclic amines) is 1. The molecule has 0 spiro atoms. The van der Waals surface area contributed by atoms with E-state index in [0.717, 1.165) is 31.5 Å². The standard InChI is InChI=1S/C21H24N2O4S/c24-20-22-18-7-6-17(14-19(18)27-20)28(26)13-12-23-10-8-21(25,9-11-23)15-16-4-2-1-3-5-16/h1-7,14,25H,8-13,15H2,(H,22,24). The number of H-pyrrole nitrogens is 1. The van der Waals surface area contributed by atoms with Crippen LogP contribution in [-0.4, -0.2) is 50.2 Å². The number of hydrogen-bond acceptors (Lipinski definition) is 5. The van der Waals surface area contributed by atoms with Crippen LogP contribution in [0.25, 0.3) is 11.1 Å². The number of nitrogens with zero attached hydrogens (tertiary/aromatic N) is 1. The van der Waals surface area contributed by atoms with Crippen LogP contribution in [0.4, 0.5) is 0 Å². The molecule has 0 aliphatic carbocycles. The predicted molar refractivity (Wildman–Crippen MR) is 109 cm³/mol. The Morgan fingerprint density at radius 3 is 2.64 bits per heavy atom. The maximum atomic E-state index is 12.6. The quantitative estimate of drug-likeness (QED) is 0.663. The number of benzene rings is 2. The van der Waals surface area contributed by atoms with Gasteiger partial charge in [-0.25, -0.2) is 4.79 Å². The normalized spacial score (nSPS) is 18.3. The molecule has 2 heterocycles. The first kappa shape index (κ1) is 19.1. The van der Waals surface area contributed by atoms with Gasteiger partial charge in [-0.1, -0.05) is 30.3 Å². The summed E-state index contributed by atoms with van der Waals surface area (Å²) in [6.07, 6.45) is 2.11. The Morgan fingerprint density at radius 1 is 1.14 bits per heavy atom. The first-order valence-corrected chi connectivity index (χ1v) is 10.8. The number of rotatable bonds is 6. The molecule has 7 heteroatoms. The molecular formula is C21H24N2O4S.